The number of anilines is 1. The Hall–Kier alpha value is -2.06. The molecule has 1 aliphatic heterocycles. The largest absolute Gasteiger partial charge is 0.498 e. The van der Waals surface area contributed by atoms with Crippen molar-refractivity contribution in [2.75, 3.05) is 5.32 Å². The predicted molar refractivity (Wildman–Crippen MR) is 108 cm³/mol. The number of carbonyl (C=O) groups is 2. The van der Waals surface area contributed by atoms with E-state index < -0.39 is 36.0 Å². The zero-order valence-corrected chi connectivity index (χ0v) is 18.0. The van der Waals surface area contributed by atoms with Crippen molar-refractivity contribution in [3.63, 3.8) is 0 Å². The molecule has 0 aromatic heterocycles. The summed E-state index contributed by atoms with van der Waals surface area (Å²) in [6.07, 6.45) is -0.462. The standard InChI is InChI=1S/C20H30BNO6/c1-9-15(23)25-16-13(21-27-19(5,6)20(7,8)28-21)11-10-12-14(16)22-17(24)26-18(2,3)4/h10-12H,9H2,1-8H3,(H,22,24). The molecule has 1 heterocycles. The molecular weight excluding hydrogens is 361 g/mol. The van der Waals surface area contributed by atoms with Gasteiger partial charge in [0.2, 0.25) is 0 Å². The first-order valence-electron chi connectivity index (χ1n) is 9.45. The zero-order valence-electron chi connectivity index (χ0n) is 18.0. The van der Waals surface area contributed by atoms with Crippen molar-refractivity contribution in [1.29, 1.82) is 0 Å². The van der Waals surface area contributed by atoms with Gasteiger partial charge in [-0.2, -0.15) is 0 Å². The van der Waals surface area contributed by atoms with Crippen molar-refractivity contribution in [3.05, 3.63) is 18.2 Å². The molecule has 1 saturated heterocycles. The van der Waals surface area contributed by atoms with E-state index in [0.29, 0.717) is 11.2 Å². The molecule has 0 atom stereocenters. The van der Waals surface area contributed by atoms with Crippen molar-refractivity contribution in [1.82, 2.24) is 0 Å². The number of nitrogens with one attached hydrogen (secondary N) is 1. The molecule has 0 bridgehead atoms. The van der Waals surface area contributed by atoms with Crippen molar-refractivity contribution >= 4 is 30.3 Å². The highest BCUT2D eigenvalue weighted by molar-refractivity contribution is 6.63. The first-order valence-corrected chi connectivity index (χ1v) is 9.45. The summed E-state index contributed by atoms with van der Waals surface area (Å²) in [5.74, 6) is -0.241. The molecule has 0 spiro atoms. The smallest absolute Gasteiger partial charge is 0.444 e. The fraction of sp³-hybridized carbons (Fsp3) is 0.600. The van der Waals surface area contributed by atoms with E-state index >= 15 is 0 Å². The zero-order chi connectivity index (χ0) is 21.3. The van der Waals surface area contributed by atoms with E-state index in [1.54, 1.807) is 45.9 Å². The van der Waals surface area contributed by atoms with Gasteiger partial charge in [-0.25, -0.2) is 4.79 Å². The number of rotatable bonds is 4. The highest BCUT2D eigenvalue weighted by Crippen LogP contribution is 2.38. The molecule has 28 heavy (non-hydrogen) atoms. The maximum Gasteiger partial charge on any atom is 0.498 e. The van der Waals surface area contributed by atoms with Crippen LogP contribution in [0.4, 0.5) is 10.5 Å². The van der Waals surface area contributed by atoms with Crippen LogP contribution in [0.3, 0.4) is 0 Å². The van der Waals surface area contributed by atoms with Crippen LogP contribution in [0.5, 0.6) is 5.75 Å². The van der Waals surface area contributed by atoms with E-state index in [2.05, 4.69) is 5.32 Å². The SMILES string of the molecule is CCC(=O)Oc1c(NC(=O)OC(C)(C)C)cccc1B1OC(C)(C)C(C)(C)O1. The molecule has 0 radical (unpaired) electrons. The molecule has 0 unspecified atom stereocenters. The first-order chi connectivity index (χ1) is 12.8. The summed E-state index contributed by atoms with van der Waals surface area (Å²) in [5, 5.41) is 2.65. The molecule has 1 N–H and O–H groups in total. The minimum Gasteiger partial charge on any atom is -0.444 e. The van der Waals surface area contributed by atoms with Gasteiger partial charge in [0, 0.05) is 11.9 Å². The normalized spacial score (nSPS) is 17.9. The fourth-order valence-electron chi connectivity index (χ4n) is 2.52. The summed E-state index contributed by atoms with van der Waals surface area (Å²) < 4.78 is 23.0. The Morgan fingerprint density at radius 2 is 1.68 bits per heavy atom. The molecule has 1 amide bonds. The monoisotopic (exact) mass is 391 g/mol. The summed E-state index contributed by atoms with van der Waals surface area (Å²) in [7, 11) is -0.745. The second-order valence-electron chi connectivity index (χ2n) is 8.77. The third-order valence-corrected chi connectivity index (χ3v) is 4.69. The van der Waals surface area contributed by atoms with Gasteiger partial charge < -0.3 is 18.8 Å². The van der Waals surface area contributed by atoms with Gasteiger partial charge in [0.1, 0.15) is 5.60 Å². The molecular formula is C20H30BNO6. The lowest BCUT2D eigenvalue weighted by molar-refractivity contribution is -0.133. The van der Waals surface area contributed by atoms with E-state index in [0.717, 1.165) is 0 Å². The predicted octanol–water partition coefficient (Wildman–Crippen LogP) is 3.65. The van der Waals surface area contributed by atoms with Crippen molar-refractivity contribution in [3.8, 4) is 5.75 Å². The van der Waals surface area contributed by atoms with E-state index in [4.69, 9.17) is 18.8 Å². The van der Waals surface area contributed by atoms with E-state index in [1.807, 2.05) is 27.7 Å². The van der Waals surface area contributed by atoms with Crippen LogP contribution >= 0.6 is 0 Å². The molecule has 2 rings (SSSR count). The second kappa shape index (κ2) is 7.76. The summed E-state index contributed by atoms with van der Waals surface area (Å²) in [5.41, 5.74) is -0.943. The molecule has 0 aliphatic carbocycles. The van der Waals surface area contributed by atoms with Gasteiger partial charge in [-0.05, 0) is 54.5 Å². The number of ether oxygens (including phenoxy) is 2. The summed E-state index contributed by atoms with van der Waals surface area (Å²) in [4.78, 5) is 24.3. The number of para-hydroxylation sites is 1. The molecule has 1 aliphatic rings. The third kappa shape index (κ3) is 5.05. The number of benzene rings is 1. The topological polar surface area (TPSA) is 83.1 Å². The second-order valence-corrected chi connectivity index (χ2v) is 8.77. The number of hydrogen-bond donors (Lipinski definition) is 1. The molecule has 154 valence electrons. The maximum absolute atomic E-state index is 12.2. The average molecular weight is 391 g/mol. The first kappa shape index (κ1) is 22.2. The molecule has 8 heteroatoms. The third-order valence-electron chi connectivity index (χ3n) is 4.69. The van der Waals surface area contributed by atoms with E-state index in [1.165, 1.54) is 0 Å². The summed E-state index contributed by atoms with van der Waals surface area (Å²) >= 11 is 0. The minimum atomic E-state index is -0.745. The van der Waals surface area contributed by atoms with Crippen molar-refractivity contribution < 1.29 is 28.4 Å². The lowest BCUT2D eigenvalue weighted by Crippen LogP contribution is -2.41. The van der Waals surface area contributed by atoms with Crippen LogP contribution in [0.15, 0.2) is 18.2 Å². The highest BCUT2D eigenvalue weighted by Gasteiger charge is 2.52. The van der Waals surface area contributed by atoms with Crippen LogP contribution in [0, 0.1) is 0 Å². The molecule has 1 fully saturated rings. The van der Waals surface area contributed by atoms with Crippen LogP contribution in [-0.4, -0.2) is 36.0 Å². The van der Waals surface area contributed by atoms with Gasteiger partial charge >= 0.3 is 19.2 Å². The van der Waals surface area contributed by atoms with Gasteiger partial charge in [-0.1, -0.05) is 19.1 Å². The summed E-state index contributed by atoms with van der Waals surface area (Å²) in [6.45, 7) is 14.8. The van der Waals surface area contributed by atoms with E-state index in [-0.39, 0.29) is 12.2 Å². The highest BCUT2D eigenvalue weighted by atomic mass is 16.7. The van der Waals surface area contributed by atoms with Gasteiger partial charge in [-0.15, -0.1) is 0 Å². The Labute approximate surface area is 167 Å². The number of amides is 1. The van der Waals surface area contributed by atoms with Gasteiger partial charge in [-0.3, -0.25) is 10.1 Å². The average Bonchev–Trinajstić information content (AvgIpc) is 2.74. The Bertz CT molecular complexity index is 738. The Balaban J connectivity index is 2.41. The van der Waals surface area contributed by atoms with Crippen molar-refractivity contribution in [2.45, 2.75) is 78.6 Å². The number of carbonyl (C=O) groups excluding carboxylic acids is 2. The van der Waals surface area contributed by atoms with Crippen LogP contribution in [0.1, 0.15) is 61.8 Å². The van der Waals surface area contributed by atoms with Gasteiger partial charge in [0.15, 0.2) is 5.75 Å². The number of esters is 1. The lowest BCUT2D eigenvalue weighted by atomic mass is 9.78. The Morgan fingerprint density at radius 1 is 1.11 bits per heavy atom. The molecule has 1 aromatic carbocycles. The van der Waals surface area contributed by atoms with Crippen molar-refractivity contribution in [2.24, 2.45) is 0 Å². The van der Waals surface area contributed by atoms with E-state index in [9.17, 15) is 9.59 Å². The number of hydrogen-bond acceptors (Lipinski definition) is 6. The quantitative estimate of drug-likeness (QED) is 0.479. The lowest BCUT2D eigenvalue weighted by Gasteiger charge is -2.32. The van der Waals surface area contributed by atoms with Crippen LogP contribution < -0.4 is 15.5 Å². The van der Waals surface area contributed by atoms with Crippen LogP contribution in [0.25, 0.3) is 0 Å². The molecule has 7 nitrogen and oxygen atoms in total. The minimum absolute atomic E-state index is 0.184. The van der Waals surface area contributed by atoms with Gasteiger partial charge in [0.05, 0.1) is 16.9 Å². The fourth-order valence-corrected chi connectivity index (χ4v) is 2.52. The van der Waals surface area contributed by atoms with Crippen LogP contribution in [0.2, 0.25) is 0 Å². The Kier molecular flexibility index (Phi) is 6.16. The maximum atomic E-state index is 12.2. The molecule has 0 saturated carbocycles. The Morgan fingerprint density at radius 3 is 2.18 bits per heavy atom. The molecule has 1 aromatic rings. The van der Waals surface area contributed by atoms with Crippen LogP contribution in [-0.2, 0) is 18.8 Å². The summed E-state index contributed by atoms with van der Waals surface area (Å²) in [6, 6.07) is 5.12. The van der Waals surface area contributed by atoms with Gasteiger partial charge in [0.25, 0.3) is 0 Å².